The number of sulfonamides is 1. The predicted octanol–water partition coefficient (Wildman–Crippen LogP) is 2.64. The molecule has 0 spiro atoms. The highest BCUT2D eigenvalue weighted by atomic mass is 32.2. The van der Waals surface area contributed by atoms with Gasteiger partial charge in [-0.05, 0) is 31.2 Å². The van der Waals surface area contributed by atoms with Gasteiger partial charge in [0.2, 0.25) is 0 Å². The summed E-state index contributed by atoms with van der Waals surface area (Å²) in [4.78, 5) is 16.9. The monoisotopic (exact) mass is 384 g/mol. The highest BCUT2D eigenvalue weighted by Gasteiger charge is 2.22. The Bertz CT molecular complexity index is 919. The molecule has 26 heavy (non-hydrogen) atoms. The van der Waals surface area contributed by atoms with E-state index in [1.54, 1.807) is 0 Å². The molecule has 0 aliphatic heterocycles. The van der Waals surface area contributed by atoms with Crippen LogP contribution in [-0.2, 0) is 14.9 Å². The van der Waals surface area contributed by atoms with Crippen molar-refractivity contribution in [2.24, 2.45) is 0 Å². The third-order valence-electron chi connectivity index (χ3n) is 3.77. The second-order valence-corrected chi connectivity index (χ2v) is 7.42. The molecule has 0 heterocycles. The number of nitrogens with zero attached hydrogens (tertiary/aromatic N) is 1. The Hall–Kier alpha value is -2.36. The zero-order valence-electron chi connectivity index (χ0n) is 14.4. The SMILES string of the molecule is CON(C)S(=O)(=O)c1cccc(C(=O)N[C@H](C)c2ccc(F)cc2F)c1. The first-order valence-corrected chi connectivity index (χ1v) is 8.99. The third-order valence-corrected chi connectivity index (χ3v) is 5.44. The van der Waals surface area contributed by atoms with E-state index in [0.717, 1.165) is 12.1 Å². The molecule has 140 valence electrons. The molecule has 9 heteroatoms. The molecule has 0 bridgehead atoms. The van der Waals surface area contributed by atoms with Gasteiger partial charge < -0.3 is 5.32 Å². The minimum atomic E-state index is -3.91. The van der Waals surface area contributed by atoms with Crippen molar-refractivity contribution in [1.29, 1.82) is 0 Å². The van der Waals surface area contributed by atoms with Gasteiger partial charge in [-0.15, -0.1) is 0 Å². The average Bonchev–Trinajstić information content (AvgIpc) is 2.60. The molecule has 0 saturated carbocycles. The van der Waals surface area contributed by atoms with Gasteiger partial charge in [0.15, 0.2) is 0 Å². The van der Waals surface area contributed by atoms with Crippen LogP contribution in [0.15, 0.2) is 47.4 Å². The van der Waals surface area contributed by atoms with Gasteiger partial charge in [0.05, 0.1) is 18.0 Å². The van der Waals surface area contributed by atoms with E-state index in [9.17, 15) is 22.0 Å². The number of hydroxylamine groups is 1. The lowest BCUT2D eigenvalue weighted by molar-refractivity contribution is -0.0258. The second kappa shape index (κ2) is 7.90. The van der Waals surface area contributed by atoms with Crippen molar-refractivity contribution in [2.75, 3.05) is 14.2 Å². The number of halogens is 2. The third kappa shape index (κ3) is 4.24. The van der Waals surface area contributed by atoms with E-state index in [1.165, 1.54) is 51.4 Å². The van der Waals surface area contributed by atoms with Gasteiger partial charge in [-0.1, -0.05) is 16.6 Å². The molecule has 0 aliphatic rings. The number of hydrogen-bond donors (Lipinski definition) is 1. The van der Waals surface area contributed by atoms with E-state index in [4.69, 9.17) is 0 Å². The van der Waals surface area contributed by atoms with Gasteiger partial charge in [0.1, 0.15) is 11.6 Å². The van der Waals surface area contributed by atoms with Gasteiger partial charge in [0, 0.05) is 24.2 Å². The summed E-state index contributed by atoms with van der Waals surface area (Å²) in [5, 5.41) is 2.55. The van der Waals surface area contributed by atoms with Crippen LogP contribution in [0.4, 0.5) is 8.78 Å². The van der Waals surface area contributed by atoms with Crippen LogP contribution in [0.5, 0.6) is 0 Å². The Morgan fingerprint density at radius 2 is 1.88 bits per heavy atom. The van der Waals surface area contributed by atoms with Crippen molar-refractivity contribution in [3.63, 3.8) is 0 Å². The first-order valence-electron chi connectivity index (χ1n) is 7.55. The van der Waals surface area contributed by atoms with Gasteiger partial charge in [-0.25, -0.2) is 17.2 Å². The van der Waals surface area contributed by atoms with Crippen molar-refractivity contribution < 1.29 is 26.8 Å². The zero-order chi connectivity index (χ0) is 19.5. The van der Waals surface area contributed by atoms with Crippen molar-refractivity contribution >= 4 is 15.9 Å². The van der Waals surface area contributed by atoms with E-state index in [2.05, 4.69) is 10.2 Å². The fraction of sp³-hybridized carbons (Fsp3) is 0.235. The highest BCUT2D eigenvalue weighted by Crippen LogP contribution is 2.20. The molecule has 0 aromatic heterocycles. The molecule has 2 aromatic rings. The maximum absolute atomic E-state index is 13.8. The lowest BCUT2D eigenvalue weighted by Gasteiger charge is -2.17. The molecule has 1 amide bonds. The van der Waals surface area contributed by atoms with Crippen molar-refractivity contribution in [1.82, 2.24) is 9.79 Å². The topological polar surface area (TPSA) is 75.7 Å². The Kier molecular flexibility index (Phi) is 6.06. The maximum atomic E-state index is 13.8. The summed E-state index contributed by atoms with van der Waals surface area (Å²) in [6, 6.07) is 7.66. The summed E-state index contributed by atoms with van der Waals surface area (Å²) in [5.74, 6) is -2.10. The minimum Gasteiger partial charge on any atom is -0.345 e. The van der Waals surface area contributed by atoms with Gasteiger partial charge in [-0.2, -0.15) is 0 Å². The van der Waals surface area contributed by atoms with Crippen LogP contribution in [0.3, 0.4) is 0 Å². The number of carbonyl (C=O) groups is 1. The van der Waals surface area contributed by atoms with Crippen LogP contribution in [0.25, 0.3) is 0 Å². The molecule has 0 fully saturated rings. The summed E-state index contributed by atoms with van der Waals surface area (Å²) in [6.07, 6.45) is 0. The Morgan fingerprint density at radius 1 is 1.19 bits per heavy atom. The normalized spacial score (nSPS) is 12.8. The van der Waals surface area contributed by atoms with Crippen LogP contribution >= 0.6 is 0 Å². The Labute approximate surface area is 150 Å². The van der Waals surface area contributed by atoms with Crippen molar-refractivity contribution in [3.8, 4) is 0 Å². The molecular weight excluding hydrogens is 366 g/mol. The second-order valence-electron chi connectivity index (χ2n) is 5.49. The van der Waals surface area contributed by atoms with Gasteiger partial charge in [0.25, 0.3) is 15.9 Å². The molecule has 6 nitrogen and oxygen atoms in total. The van der Waals surface area contributed by atoms with Crippen molar-refractivity contribution in [3.05, 3.63) is 65.2 Å². The largest absolute Gasteiger partial charge is 0.345 e. The summed E-state index contributed by atoms with van der Waals surface area (Å²) < 4.78 is 52.0. The summed E-state index contributed by atoms with van der Waals surface area (Å²) in [5.41, 5.74) is 0.188. The molecule has 2 rings (SSSR count). The average molecular weight is 384 g/mol. The molecular formula is C17H18F2N2O4S. The smallest absolute Gasteiger partial charge is 0.264 e. The number of amides is 1. The maximum Gasteiger partial charge on any atom is 0.264 e. The van der Waals surface area contributed by atoms with Gasteiger partial charge in [-0.3, -0.25) is 9.63 Å². The van der Waals surface area contributed by atoms with Crippen LogP contribution in [0.2, 0.25) is 0 Å². The van der Waals surface area contributed by atoms with E-state index in [0.29, 0.717) is 4.47 Å². The minimum absolute atomic E-state index is 0.0740. The molecule has 1 N–H and O–H groups in total. The predicted molar refractivity (Wildman–Crippen MR) is 90.6 cm³/mol. The summed E-state index contributed by atoms with van der Waals surface area (Å²) >= 11 is 0. The number of nitrogens with one attached hydrogen (secondary N) is 1. The first kappa shape index (κ1) is 20.0. The fourth-order valence-corrected chi connectivity index (χ4v) is 3.27. The van der Waals surface area contributed by atoms with E-state index in [1.807, 2.05) is 0 Å². The molecule has 0 unspecified atom stereocenters. The Balaban J connectivity index is 2.24. The van der Waals surface area contributed by atoms with Crippen LogP contribution in [0, 0.1) is 11.6 Å². The lowest BCUT2D eigenvalue weighted by Crippen LogP contribution is -2.28. The standard InChI is InChI=1S/C17H18F2N2O4S/c1-11(15-8-7-13(18)10-16(15)19)20-17(22)12-5-4-6-14(9-12)26(23,24)21(2)25-3/h4-11H,1-3H3,(H,20,22)/t11-/m1/s1. The first-order chi connectivity index (χ1) is 12.2. The Morgan fingerprint density at radius 3 is 2.50 bits per heavy atom. The lowest BCUT2D eigenvalue weighted by atomic mass is 10.1. The zero-order valence-corrected chi connectivity index (χ0v) is 15.2. The number of rotatable bonds is 6. The van der Waals surface area contributed by atoms with Gasteiger partial charge >= 0.3 is 0 Å². The highest BCUT2D eigenvalue weighted by molar-refractivity contribution is 7.89. The molecule has 1 atom stereocenters. The van der Waals surface area contributed by atoms with E-state index < -0.39 is 33.6 Å². The molecule has 2 aromatic carbocycles. The molecule has 0 radical (unpaired) electrons. The van der Waals surface area contributed by atoms with E-state index >= 15 is 0 Å². The molecule has 0 aliphatic carbocycles. The molecule has 0 saturated heterocycles. The van der Waals surface area contributed by atoms with Crippen LogP contribution < -0.4 is 5.32 Å². The van der Waals surface area contributed by atoms with Crippen LogP contribution in [0.1, 0.15) is 28.9 Å². The van der Waals surface area contributed by atoms with Crippen LogP contribution in [-0.4, -0.2) is 33.0 Å². The number of hydrogen-bond acceptors (Lipinski definition) is 4. The number of benzene rings is 2. The quantitative estimate of drug-likeness (QED) is 0.777. The number of carbonyl (C=O) groups excluding carboxylic acids is 1. The summed E-state index contributed by atoms with van der Waals surface area (Å²) in [6.45, 7) is 1.54. The van der Waals surface area contributed by atoms with Crippen molar-refractivity contribution in [2.45, 2.75) is 17.9 Å². The summed E-state index contributed by atoms with van der Waals surface area (Å²) in [7, 11) is -1.48. The fourth-order valence-electron chi connectivity index (χ4n) is 2.25. The van der Waals surface area contributed by atoms with E-state index in [-0.39, 0.29) is 16.0 Å².